The van der Waals surface area contributed by atoms with Gasteiger partial charge in [-0.15, -0.1) is 0 Å². The number of hydrogen-bond acceptors (Lipinski definition) is 3. The van der Waals surface area contributed by atoms with Crippen LogP contribution < -0.4 is 10.9 Å². The summed E-state index contributed by atoms with van der Waals surface area (Å²) in [4.78, 5) is 24.2. The lowest BCUT2D eigenvalue weighted by Crippen LogP contribution is -2.33. The molecule has 1 aromatic heterocycles. The number of nitrogens with zero attached hydrogens (tertiary/aromatic N) is 1. The fourth-order valence-electron chi connectivity index (χ4n) is 2.07. The quantitative estimate of drug-likeness (QED) is 0.851. The van der Waals surface area contributed by atoms with Crippen LogP contribution in [0.15, 0.2) is 35.1 Å². The van der Waals surface area contributed by atoms with E-state index in [1.54, 1.807) is 7.11 Å². The third-order valence-electron chi connectivity index (χ3n) is 3.39. The Balaban J connectivity index is 2.14. The fraction of sp³-hybridized carbons (Fsp3) is 0.375. The summed E-state index contributed by atoms with van der Waals surface area (Å²) in [6, 6.07) is 8.76. The van der Waals surface area contributed by atoms with Gasteiger partial charge in [-0.25, -0.2) is 4.68 Å². The number of carbonyl (C=O) groups excluding carboxylic acids is 1. The zero-order chi connectivity index (χ0) is 16.1. The summed E-state index contributed by atoms with van der Waals surface area (Å²) >= 11 is 0. The molecule has 0 unspecified atom stereocenters. The minimum absolute atomic E-state index is 0.0290. The van der Waals surface area contributed by atoms with Gasteiger partial charge in [-0.05, 0) is 32.4 Å². The molecule has 2 rings (SSSR count). The van der Waals surface area contributed by atoms with E-state index >= 15 is 0 Å². The van der Waals surface area contributed by atoms with Gasteiger partial charge in [0.2, 0.25) is 0 Å². The number of benzene rings is 1. The molecule has 2 N–H and O–H groups in total. The number of amides is 1. The highest BCUT2D eigenvalue weighted by molar-refractivity contribution is 5.92. The number of carbonyl (C=O) groups is 1. The van der Waals surface area contributed by atoms with Crippen LogP contribution >= 0.6 is 0 Å². The zero-order valence-electron chi connectivity index (χ0n) is 13.1. The Morgan fingerprint density at radius 1 is 1.36 bits per heavy atom. The van der Waals surface area contributed by atoms with E-state index in [0.29, 0.717) is 18.7 Å². The predicted molar refractivity (Wildman–Crippen MR) is 84.5 cm³/mol. The lowest BCUT2D eigenvalue weighted by Gasteiger charge is -2.12. The summed E-state index contributed by atoms with van der Waals surface area (Å²) in [6.07, 6.45) is 0.713. The maximum atomic E-state index is 12.1. The summed E-state index contributed by atoms with van der Waals surface area (Å²) in [5.41, 5.74) is 1.78. The SMILES string of the molecule is COCC[C@H](C)NC(=O)c1cc(=O)n(-c2ccc(C)cc2)[nH]1. The number of aromatic amines is 1. The van der Waals surface area contributed by atoms with Crippen LogP contribution in [0.4, 0.5) is 0 Å². The molecule has 0 fully saturated rings. The second-order valence-corrected chi connectivity index (χ2v) is 5.33. The highest BCUT2D eigenvalue weighted by Gasteiger charge is 2.14. The second-order valence-electron chi connectivity index (χ2n) is 5.33. The van der Waals surface area contributed by atoms with Crippen LogP contribution in [0.2, 0.25) is 0 Å². The molecular weight excluding hydrogens is 282 g/mol. The monoisotopic (exact) mass is 303 g/mol. The number of aryl methyl sites for hydroxylation is 1. The lowest BCUT2D eigenvalue weighted by molar-refractivity contribution is 0.0924. The maximum Gasteiger partial charge on any atom is 0.271 e. The van der Waals surface area contributed by atoms with Gasteiger partial charge in [0.05, 0.1) is 5.69 Å². The van der Waals surface area contributed by atoms with E-state index in [-0.39, 0.29) is 23.2 Å². The first kappa shape index (κ1) is 16.0. The van der Waals surface area contributed by atoms with Gasteiger partial charge in [0.15, 0.2) is 0 Å². The number of aromatic nitrogens is 2. The first-order valence-electron chi connectivity index (χ1n) is 7.20. The van der Waals surface area contributed by atoms with Crippen molar-refractivity contribution in [3.63, 3.8) is 0 Å². The second kappa shape index (κ2) is 7.09. The Kier molecular flexibility index (Phi) is 5.16. The highest BCUT2D eigenvalue weighted by Crippen LogP contribution is 2.07. The summed E-state index contributed by atoms with van der Waals surface area (Å²) in [7, 11) is 1.62. The molecule has 1 atom stereocenters. The molecule has 1 amide bonds. The third-order valence-corrected chi connectivity index (χ3v) is 3.39. The molecule has 0 bridgehead atoms. The van der Waals surface area contributed by atoms with E-state index in [2.05, 4.69) is 10.4 Å². The third kappa shape index (κ3) is 3.85. The molecule has 0 saturated heterocycles. The smallest absolute Gasteiger partial charge is 0.271 e. The van der Waals surface area contributed by atoms with Crippen LogP contribution in [0, 0.1) is 6.92 Å². The Morgan fingerprint density at radius 2 is 2.05 bits per heavy atom. The standard InChI is InChI=1S/C16H21N3O3/c1-11-4-6-13(7-5-11)19-15(20)10-14(18-19)16(21)17-12(2)8-9-22-3/h4-7,10,12,18H,8-9H2,1-3H3,(H,17,21)/t12-/m0/s1. The van der Waals surface area contributed by atoms with Gasteiger partial charge >= 0.3 is 0 Å². The topological polar surface area (TPSA) is 76.1 Å². The average Bonchev–Trinajstić information content (AvgIpc) is 2.88. The minimum atomic E-state index is -0.299. The van der Waals surface area contributed by atoms with Gasteiger partial charge in [0.1, 0.15) is 5.69 Å². The molecule has 0 radical (unpaired) electrons. The van der Waals surface area contributed by atoms with Crippen molar-refractivity contribution in [3.8, 4) is 5.69 Å². The molecule has 1 heterocycles. The summed E-state index contributed by atoms with van der Waals surface area (Å²) in [5.74, 6) is -0.299. The summed E-state index contributed by atoms with van der Waals surface area (Å²) in [5, 5.41) is 5.67. The van der Waals surface area contributed by atoms with Crippen molar-refractivity contribution in [2.75, 3.05) is 13.7 Å². The van der Waals surface area contributed by atoms with Crippen LogP contribution in [0.1, 0.15) is 29.4 Å². The molecular formula is C16H21N3O3. The van der Waals surface area contributed by atoms with Crippen molar-refractivity contribution in [2.45, 2.75) is 26.3 Å². The van der Waals surface area contributed by atoms with Gasteiger partial charge in [-0.2, -0.15) is 0 Å². The van der Waals surface area contributed by atoms with Gasteiger partial charge in [-0.1, -0.05) is 17.7 Å². The number of rotatable bonds is 6. The predicted octanol–water partition coefficient (Wildman–Crippen LogP) is 1.63. The largest absolute Gasteiger partial charge is 0.385 e. The number of nitrogens with one attached hydrogen (secondary N) is 2. The van der Waals surface area contributed by atoms with Gasteiger partial charge in [0.25, 0.3) is 11.5 Å². The van der Waals surface area contributed by atoms with E-state index in [1.807, 2.05) is 38.1 Å². The fourth-order valence-corrected chi connectivity index (χ4v) is 2.07. The Hall–Kier alpha value is -2.34. The molecule has 118 valence electrons. The maximum absolute atomic E-state index is 12.1. The number of H-pyrrole nitrogens is 1. The Bertz CT molecular complexity index is 685. The molecule has 0 saturated carbocycles. The van der Waals surface area contributed by atoms with Crippen molar-refractivity contribution in [3.05, 3.63) is 51.9 Å². The van der Waals surface area contributed by atoms with Crippen LogP contribution in [0.25, 0.3) is 5.69 Å². The van der Waals surface area contributed by atoms with Gasteiger partial charge < -0.3 is 10.1 Å². The Morgan fingerprint density at radius 3 is 2.68 bits per heavy atom. The van der Waals surface area contributed by atoms with E-state index in [9.17, 15) is 9.59 Å². The molecule has 2 aromatic rings. The van der Waals surface area contributed by atoms with E-state index in [4.69, 9.17) is 4.74 Å². The number of hydrogen-bond donors (Lipinski definition) is 2. The van der Waals surface area contributed by atoms with Gasteiger partial charge in [0, 0.05) is 25.8 Å². The summed E-state index contributed by atoms with van der Waals surface area (Å²) < 4.78 is 6.33. The van der Waals surface area contributed by atoms with E-state index < -0.39 is 0 Å². The molecule has 6 nitrogen and oxygen atoms in total. The molecule has 22 heavy (non-hydrogen) atoms. The van der Waals surface area contributed by atoms with Crippen LogP contribution in [-0.2, 0) is 4.74 Å². The molecule has 0 spiro atoms. The highest BCUT2D eigenvalue weighted by atomic mass is 16.5. The normalized spacial score (nSPS) is 12.1. The first-order chi connectivity index (χ1) is 10.5. The van der Waals surface area contributed by atoms with E-state index in [1.165, 1.54) is 10.7 Å². The van der Waals surface area contributed by atoms with Crippen molar-refractivity contribution < 1.29 is 9.53 Å². The van der Waals surface area contributed by atoms with Crippen LogP contribution in [0.3, 0.4) is 0 Å². The van der Waals surface area contributed by atoms with Gasteiger partial charge in [-0.3, -0.25) is 14.7 Å². The molecule has 1 aromatic carbocycles. The average molecular weight is 303 g/mol. The van der Waals surface area contributed by atoms with E-state index in [0.717, 1.165) is 5.56 Å². The molecule has 0 aliphatic heterocycles. The molecule has 0 aliphatic rings. The zero-order valence-corrected chi connectivity index (χ0v) is 13.1. The van der Waals surface area contributed by atoms with Crippen molar-refractivity contribution in [2.24, 2.45) is 0 Å². The first-order valence-corrected chi connectivity index (χ1v) is 7.20. The molecule has 0 aliphatic carbocycles. The number of methoxy groups -OCH3 is 1. The lowest BCUT2D eigenvalue weighted by atomic mass is 10.2. The van der Waals surface area contributed by atoms with Crippen LogP contribution in [-0.4, -0.2) is 35.4 Å². The van der Waals surface area contributed by atoms with Crippen molar-refractivity contribution in [1.29, 1.82) is 0 Å². The van der Waals surface area contributed by atoms with Crippen LogP contribution in [0.5, 0.6) is 0 Å². The number of ether oxygens (including phenoxy) is 1. The van der Waals surface area contributed by atoms with Crippen molar-refractivity contribution in [1.82, 2.24) is 15.1 Å². The summed E-state index contributed by atoms with van der Waals surface area (Å²) in [6.45, 7) is 4.44. The van der Waals surface area contributed by atoms with Crippen molar-refractivity contribution >= 4 is 5.91 Å². The Labute approximate surface area is 129 Å². The molecule has 6 heteroatoms. The minimum Gasteiger partial charge on any atom is -0.385 e.